The Morgan fingerprint density at radius 2 is 0.800 bits per heavy atom. The highest BCUT2D eigenvalue weighted by molar-refractivity contribution is 4.58. The van der Waals surface area contributed by atoms with Crippen molar-refractivity contribution in [1.29, 1.82) is 0 Å². The second-order valence-electron chi connectivity index (χ2n) is 8.65. The molecule has 2 saturated heterocycles. The lowest BCUT2D eigenvalue weighted by atomic mass is 10.1. The molecule has 2 aliphatic heterocycles. The van der Waals surface area contributed by atoms with Crippen LogP contribution < -0.4 is 34.0 Å². The van der Waals surface area contributed by atoms with Gasteiger partial charge in [-0.15, -0.1) is 0 Å². The minimum atomic E-state index is 0. The molecule has 0 spiro atoms. The summed E-state index contributed by atoms with van der Waals surface area (Å²) in [5.41, 5.74) is 0. The molecule has 0 aliphatic carbocycles. The molecule has 0 saturated carbocycles. The molecule has 2 heterocycles. The van der Waals surface area contributed by atoms with E-state index in [9.17, 15) is 0 Å². The number of halogens is 2. The first kappa shape index (κ1) is 25.9. The Hall–Kier alpha value is 0.880. The number of hydrogen-bond acceptors (Lipinski definition) is 0. The fourth-order valence-corrected chi connectivity index (χ4v) is 5.19. The Balaban J connectivity index is 0.00000288. The molecule has 0 amide bonds. The van der Waals surface area contributed by atoms with Crippen molar-refractivity contribution in [2.24, 2.45) is 0 Å². The fraction of sp³-hybridized carbons (Fsp3) is 1.00. The van der Waals surface area contributed by atoms with E-state index in [0.717, 1.165) is 0 Å². The predicted octanol–water partition coefficient (Wildman–Crippen LogP) is -1.01. The van der Waals surface area contributed by atoms with Gasteiger partial charge in [0.15, 0.2) is 0 Å². The summed E-state index contributed by atoms with van der Waals surface area (Å²) in [6.45, 7) is 16.5. The maximum atomic E-state index is 2.35. The Labute approximate surface area is 179 Å². The number of hydrogen-bond donors (Lipinski definition) is 0. The van der Waals surface area contributed by atoms with Crippen molar-refractivity contribution in [2.45, 2.75) is 84.5 Å². The van der Waals surface area contributed by atoms with Crippen LogP contribution in [0.3, 0.4) is 0 Å². The molecule has 0 unspecified atom stereocenters. The van der Waals surface area contributed by atoms with Gasteiger partial charge in [0.05, 0.1) is 52.4 Å². The van der Waals surface area contributed by atoms with Crippen LogP contribution in [0.4, 0.5) is 0 Å². The maximum Gasteiger partial charge on any atom is 0.0788 e. The van der Waals surface area contributed by atoms with E-state index in [4.69, 9.17) is 0 Å². The number of nitrogens with zero attached hydrogens (tertiary/aromatic N) is 2. The van der Waals surface area contributed by atoms with E-state index >= 15 is 0 Å². The van der Waals surface area contributed by atoms with Gasteiger partial charge in [-0.05, 0) is 32.1 Å². The Kier molecular flexibility index (Phi) is 14.5. The van der Waals surface area contributed by atoms with Gasteiger partial charge in [-0.3, -0.25) is 0 Å². The molecule has 25 heavy (non-hydrogen) atoms. The van der Waals surface area contributed by atoms with Crippen molar-refractivity contribution < 1.29 is 42.9 Å². The van der Waals surface area contributed by atoms with Gasteiger partial charge in [0, 0.05) is 25.7 Å². The highest BCUT2D eigenvalue weighted by atomic mass is 79.9. The van der Waals surface area contributed by atoms with Crippen LogP contribution in [-0.2, 0) is 0 Å². The smallest absolute Gasteiger partial charge is 0.0788 e. The molecule has 2 aliphatic rings. The average molecular weight is 484 g/mol. The molecule has 0 aromatic heterocycles. The van der Waals surface area contributed by atoms with E-state index in [0.29, 0.717) is 0 Å². The van der Waals surface area contributed by atoms with Crippen molar-refractivity contribution in [1.82, 2.24) is 0 Å². The Bertz CT molecular complexity index is 281. The second kappa shape index (κ2) is 14.0. The van der Waals surface area contributed by atoms with Crippen LogP contribution in [0.25, 0.3) is 0 Å². The van der Waals surface area contributed by atoms with Crippen LogP contribution in [-0.4, -0.2) is 61.3 Å². The first-order valence-electron chi connectivity index (χ1n) is 10.9. The fourth-order valence-electron chi connectivity index (χ4n) is 5.19. The van der Waals surface area contributed by atoms with Gasteiger partial charge in [0.2, 0.25) is 0 Å². The quantitative estimate of drug-likeness (QED) is 0.246. The number of rotatable bonds is 12. The Morgan fingerprint density at radius 1 is 0.480 bits per heavy atom. The van der Waals surface area contributed by atoms with Crippen LogP contribution in [0.5, 0.6) is 0 Å². The van der Waals surface area contributed by atoms with Gasteiger partial charge in [0.25, 0.3) is 0 Å². The summed E-state index contributed by atoms with van der Waals surface area (Å²) in [4.78, 5) is 0. The lowest BCUT2D eigenvalue weighted by Crippen LogP contribution is -3.00. The lowest BCUT2D eigenvalue weighted by Gasteiger charge is -2.36. The molecule has 2 fully saturated rings. The topological polar surface area (TPSA) is 0 Å². The predicted molar refractivity (Wildman–Crippen MR) is 102 cm³/mol. The van der Waals surface area contributed by atoms with E-state index < -0.39 is 0 Å². The van der Waals surface area contributed by atoms with Crippen molar-refractivity contribution in [3.05, 3.63) is 0 Å². The molecule has 0 bridgehead atoms. The molecular weight excluding hydrogens is 440 g/mol. The Morgan fingerprint density at radius 3 is 1.12 bits per heavy atom. The van der Waals surface area contributed by atoms with Crippen molar-refractivity contribution in [3.8, 4) is 0 Å². The van der Waals surface area contributed by atoms with Gasteiger partial charge in [-0.1, -0.05) is 26.7 Å². The molecule has 0 N–H and O–H groups in total. The lowest BCUT2D eigenvalue weighted by molar-refractivity contribution is -0.919. The zero-order valence-electron chi connectivity index (χ0n) is 17.1. The minimum absolute atomic E-state index is 0. The van der Waals surface area contributed by atoms with E-state index in [1.807, 2.05) is 0 Å². The first-order valence-corrected chi connectivity index (χ1v) is 10.9. The van der Waals surface area contributed by atoms with Gasteiger partial charge in [0.1, 0.15) is 0 Å². The monoisotopic (exact) mass is 482 g/mol. The van der Waals surface area contributed by atoms with Crippen molar-refractivity contribution >= 4 is 0 Å². The third kappa shape index (κ3) is 8.62. The third-order valence-corrected chi connectivity index (χ3v) is 6.77. The van der Waals surface area contributed by atoms with Crippen LogP contribution in [0.15, 0.2) is 0 Å². The van der Waals surface area contributed by atoms with Crippen molar-refractivity contribution in [3.63, 3.8) is 0 Å². The molecule has 4 heteroatoms. The normalized spacial score (nSPS) is 20.9. The molecule has 0 atom stereocenters. The van der Waals surface area contributed by atoms with Crippen LogP contribution in [0, 0.1) is 0 Å². The molecule has 2 rings (SSSR count). The van der Waals surface area contributed by atoms with Gasteiger partial charge >= 0.3 is 0 Å². The summed E-state index contributed by atoms with van der Waals surface area (Å²) >= 11 is 0. The van der Waals surface area contributed by atoms with E-state index in [1.54, 1.807) is 0 Å². The standard InChI is InChI=1S/C21H44N2.2BrH/c1-3-5-14-22(18-10-11-19-22)16-8-7-9-17-23(15-6-4-2)20-12-13-21-23;;/h3-21H2,1-2H3;2*1H/q+2;;/p-2. The highest BCUT2D eigenvalue weighted by Gasteiger charge is 2.32. The highest BCUT2D eigenvalue weighted by Crippen LogP contribution is 2.24. The van der Waals surface area contributed by atoms with Crippen LogP contribution in [0.2, 0.25) is 0 Å². The van der Waals surface area contributed by atoms with Gasteiger partial charge in [-0.25, -0.2) is 0 Å². The first-order chi connectivity index (χ1) is 11.2. The van der Waals surface area contributed by atoms with E-state index in [1.165, 1.54) is 132 Å². The van der Waals surface area contributed by atoms with E-state index in [-0.39, 0.29) is 34.0 Å². The zero-order valence-corrected chi connectivity index (χ0v) is 20.3. The molecule has 0 aromatic rings. The van der Waals surface area contributed by atoms with Crippen molar-refractivity contribution in [2.75, 3.05) is 52.4 Å². The molecule has 0 aromatic carbocycles. The summed E-state index contributed by atoms with van der Waals surface area (Å²) < 4.78 is 2.95. The summed E-state index contributed by atoms with van der Waals surface area (Å²) in [6, 6.07) is 0. The molecule has 2 nitrogen and oxygen atoms in total. The number of unbranched alkanes of at least 4 members (excludes halogenated alkanes) is 4. The zero-order chi connectivity index (χ0) is 16.4. The third-order valence-electron chi connectivity index (χ3n) is 6.77. The summed E-state index contributed by atoms with van der Waals surface area (Å²) in [5, 5.41) is 0. The maximum absolute atomic E-state index is 2.35. The average Bonchev–Trinajstić information content (AvgIpc) is 3.22. The SMILES string of the molecule is CCCC[N+]1(CCCCC[N+]2(CCCC)CCCC2)CCCC1.[Br-].[Br-]. The number of likely N-dealkylation sites (tertiary alicyclic amines) is 2. The summed E-state index contributed by atoms with van der Waals surface area (Å²) in [5.74, 6) is 0. The summed E-state index contributed by atoms with van der Waals surface area (Å²) in [6.07, 6.45) is 16.0. The van der Waals surface area contributed by atoms with Gasteiger partial charge < -0.3 is 42.9 Å². The van der Waals surface area contributed by atoms with E-state index in [2.05, 4.69) is 13.8 Å². The van der Waals surface area contributed by atoms with Crippen LogP contribution in [0.1, 0.15) is 84.5 Å². The molecule has 0 radical (unpaired) electrons. The van der Waals surface area contributed by atoms with Crippen LogP contribution >= 0.6 is 0 Å². The molecule has 152 valence electrons. The molecular formula is C21H44Br2N2. The van der Waals surface area contributed by atoms with Gasteiger partial charge in [-0.2, -0.15) is 0 Å². The number of quaternary nitrogens is 2. The summed E-state index contributed by atoms with van der Waals surface area (Å²) in [7, 11) is 0. The minimum Gasteiger partial charge on any atom is -1.00 e. The largest absolute Gasteiger partial charge is 1.00 e. The second-order valence-corrected chi connectivity index (χ2v) is 8.65.